The molecule has 0 aromatic carbocycles. The predicted molar refractivity (Wildman–Crippen MR) is 94.2 cm³/mol. The Morgan fingerprint density at radius 3 is 2.48 bits per heavy atom. The van der Waals surface area contributed by atoms with Crippen LogP contribution in [0.25, 0.3) is 0 Å². The van der Waals surface area contributed by atoms with E-state index < -0.39 is 0 Å². The van der Waals surface area contributed by atoms with Crippen molar-refractivity contribution in [3.8, 4) is 0 Å². The van der Waals surface area contributed by atoms with Crippen LogP contribution in [0.5, 0.6) is 0 Å². The second-order valence-corrected chi connectivity index (χ2v) is 7.38. The Kier molecular flexibility index (Phi) is 8.38. The Morgan fingerprint density at radius 1 is 1.17 bits per heavy atom. The van der Waals surface area contributed by atoms with Crippen LogP contribution < -0.4 is 5.73 Å². The largest absolute Gasteiger partial charge is 0.378 e. The Balaban J connectivity index is 1.73. The monoisotopic (exact) mass is 324 g/mol. The van der Waals surface area contributed by atoms with E-state index in [9.17, 15) is 4.79 Å². The van der Waals surface area contributed by atoms with Crippen molar-refractivity contribution in [1.82, 2.24) is 4.90 Å². The number of hydrogen-bond donors (Lipinski definition) is 1. The van der Waals surface area contributed by atoms with E-state index in [0.717, 1.165) is 57.7 Å². The molecule has 1 aliphatic carbocycles. The van der Waals surface area contributed by atoms with Gasteiger partial charge >= 0.3 is 0 Å². The van der Waals surface area contributed by atoms with Gasteiger partial charge in [-0.1, -0.05) is 39.0 Å². The van der Waals surface area contributed by atoms with Gasteiger partial charge in [-0.05, 0) is 44.6 Å². The number of nitrogens with two attached hydrogens (primary N) is 1. The summed E-state index contributed by atoms with van der Waals surface area (Å²) in [6, 6.07) is 0. The lowest BCUT2D eigenvalue weighted by atomic mass is 9.81. The standard InChI is InChI=1S/C19H36N2O2/c1-2-17(15-16-7-4-3-5-8-16)19(22)21-12-9-18(10-13-21)23-14-6-11-20/h16-18H,2-15,20H2,1H3. The van der Waals surface area contributed by atoms with Crippen molar-refractivity contribution in [2.24, 2.45) is 17.6 Å². The molecule has 1 amide bonds. The molecule has 0 bridgehead atoms. The minimum Gasteiger partial charge on any atom is -0.378 e. The van der Waals surface area contributed by atoms with Crippen molar-refractivity contribution in [3.63, 3.8) is 0 Å². The first-order valence-corrected chi connectivity index (χ1v) is 9.85. The first-order chi connectivity index (χ1) is 11.2. The third kappa shape index (κ3) is 6.07. The zero-order chi connectivity index (χ0) is 16.5. The summed E-state index contributed by atoms with van der Waals surface area (Å²) >= 11 is 0. The van der Waals surface area contributed by atoms with Gasteiger partial charge in [-0.15, -0.1) is 0 Å². The number of piperidine rings is 1. The van der Waals surface area contributed by atoms with E-state index in [1.807, 2.05) is 0 Å². The fraction of sp³-hybridized carbons (Fsp3) is 0.947. The van der Waals surface area contributed by atoms with Gasteiger partial charge in [-0.2, -0.15) is 0 Å². The molecule has 1 heterocycles. The van der Waals surface area contributed by atoms with Gasteiger partial charge < -0.3 is 15.4 Å². The molecule has 0 radical (unpaired) electrons. The van der Waals surface area contributed by atoms with Crippen molar-refractivity contribution in [2.75, 3.05) is 26.2 Å². The van der Waals surface area contributed by atoms with E-state index in [4.69, 9.17) is 10.5 Å². The zero-order valence-corrected chi connectivity index (χ0v) is 15.0. The van der Waals surface area contributed by atoms with Crippen molar-refractivity contribution >= 4 is 5.91 Å². The van der Waals surface area contributed by atoms with Crippen molar-refractivity contribution in [3.05, 3.63) is 0 Å². The average molecular weight is 325 g/mol. The van der Waals surface area contributed by atoms with Crippen LogP contribution in [0.15, 0.2) is 0 Å². The third-order valence-electron chi connectivity index (χ3n) is 5.64. The van der Waals surface area contributed by atoms with Crippen LogP contribution in [0.3, 0.4) is 0 Å². The molecule has 23 heavy (non-hydrogen) atoms. The van der Waals surface area contributed by atoms with Crippen LogP contribution in [0.1, 0.15) is 71.1 Å². The molecule has 134 valence electrons. The van der Waals surface area contributed by atoms with Gasteiger partial charge in [-0.25, -0.2) is 0 Å². The van der Waals surface area contributed by atoms with E-state index in [0.29, 0.717) is 18.6 Å². The van der Waals surface area contributed by atoms with Crippen molar-refractivity contribution in [2.45, 2.75) is 77.2 Å². The summed E-state index contributed by atoms with van der Waals surface area (Å²) < 4.78 is 5.84. The van der Waals surface area contributed by atoms with Gasteiger partial charge in [0.15, 0.2) is 0 Å². The van der Waals surface area contributed by atoms with Gasteiger partial charge in [0.2, 0.25) is 5.91 Å². The highest BCUT2D eigenvalue weighted by Gasteiger charge is 2.29. The first-order valence-electron chi connectivity index (χ1n) is 9.85. The minimum atomic E-state index is 0.243. The average Bonchev–Trinajstić information content (AvgIpc) is 2.61. The number of nitrogens with zero attached hydrogens (tertiary/aromatic N) is 1. The fourth-order valence-electron chi connectivity index (χ4n) is 4.10. The van der Waals surface area contributed by atoms with Gasteiger partial charge in [-0.3, -0.25) is 4.79 Å². The summed E-state index contributed by atoms with van der Waals surface area (Å²) in [6.07, 6.45) is 12.1. The molecule has 1 aliphatic heterocycles. The fourth-order valence-corrected chi connectivity index (χ4v) is 4.10. The van der Waals surface area contributed by atoms with Crippen LogP contribution in [-0.2, 0) is 9.53 Å². The summed E-state index contributed by atoms with van der Waals surface area (Å²) in [7, 11) is 0. The molecular weight excluding hydrogens is 288 g/mol. The topological polar surface area (TPSA) is 55.6 Å². The number of rotatable bonds is 8. The summed E-state index contributed by atoms with van der Waals surface area (Å²) in [6.45, 7) is 5.36. The summed E-state index contributed by atoms with van der Waals surface area (Å²) in [5.41, 5.74) is 5.50. The number of hydrogen-bond acceptors (Lipinski definition) is 3. The second-order valence-electron chi connectivity index (χ2n) is 7.38. The first kappa shape index (κ1) is 18.7. The van der Waals surface area contributed by atoms with Gasteiger partial charge in [0, 0.05) is 25.6 Å². The summed E-state index contributed by atoms with van der Waals surface area (Å²) in [4.78, 5) is 14.9. The highest BCUT2D eigenvalue weighted by atomic mass is 16.5. The molecule has 1 atom stereocenters. The summed E-state index contributed by atoms with van der Waals surface area (Å²) in [5.74, 6) is 1.43. The molecule has 2 aliphatic rings. The molecule has 4 nitrogen and oxygen atoms in total. The maximum Gasteiger partial charge on any atom is 0.225 e. The number of ether oxygens (including phenoxy) is 1. The van der Waals surface area contributed by atoms with Gasteiger partial charge in [0.1, 0.15) is 0 Å². The van der Waals surface area contributed by atoms with Crippen LogP contribution >= 0.6 is 0 Å². The smallest absolute Gasteiger partial charge is 0.225 e. The molecule has 0 aromatic rings. The number of carbonyl (C=O) groups excluding carboxylic acids is 1. The van der Waals surface area contributed by atoms with Crippen molar-refractivity contribution < 1.29 is 9.53 Å². The van der Waals surface area contributed by atoms with Gasteiger partial charge in [0.05, 0.1) is 6.10 Å². The molecule has 0 aromatic heterocycles. The summed E-state index contributed by atoms with van der Waals surface area (Å²) in [5, 5.41) is 0. The minimum absolute atomic E-state index is 0.243. The quantitative estimate of drug-likeness (QED) is 0.697. The molecule has 2 N–H and O–H groups in total. The van der Waals surface area contributed by atoms with E-state index in [1.54, 1.807) is 0 Å². The molecule has 0 spiro atoms. The lowest BCUT2D eigenvalue weighted by Crippen LogP contribution is -2.44. The van der Waals surface area contributed by atoms with Crippen LogP contribution in [0.4, 0.5) is 0 Å². The van der Waals surface area contributed by atoms with Crippen LogP contribution in [-0.4, -0.2) is 43.2 Å². The normalized spacial score (nSPS) is 22.3. The predicted octanol–water partition coefficient (Wildman–Crippen LogP) is 3.34. The molecule has 1 saturated carbocycles. The molecule has 1 saturated heterocycles. The van der Waals surface area contributed by atoms with E-state index >= 15 is 0 Å². The number of carbonyl (C=O) groups is 1. The lowest BCUT2D eigenvalue weighted by Gasteiger charge is -2.35. The molecule has 4 heteroatoms. The molecular formula is C19H36N2O2. The van der Waals surface area contributed by atoms with Gasteiger partial charge in [0.25, 0.3) is 0 Å². The Hall–Kier alpha value is -0.610. The zero-order valence-electron chi connectivity index (χ0n) is 15.0. The number of amides is 1. The molecule has 1 unspecified atom stereocenters. The van der Waals surface area contributed by atoms with Crippen LogP contribution in [0, 0.1) is 11.8 Å². The van der Waals surface area contributed by atoms with Crippen molar-refractivity contribution in [1.29, 1.82) is 0 Å². The molecule has 2 rings (SSSR count). The molecule has 2 fully saturated rings. The highest BCUT2D eigenvalue weighted by Crippen LogP contribution is 2.31. The SMILES string of the molecule is CCC(CC1CCCCC1)C(=O)N1CCC(OCCCN)CC1. The Morgan fingerprint density at radius 2 is 1.87 bits per heavy atom. The Labute approximate surface area is 142 Å². The maximum atomic E-state index is 12.8. The Bertz CT molecular complexity index is 334. The van der Waals surface area contributed by atoms with E-state index in [1.165, 1.54) is 32.1 Å². The third-order valence-corrected chi connectivity index (χ3v) is 5.64. The van der Waals surface area contributed by atoms with Crippen LogP contribution in [0.2, 0.25) is 0 Å². The van der Waals surface area contributed by atoms with E-state index in [-0.39, 0.29) is 5.92 Å². The highest BCUT2D eigenvalue weighted by molar-refractivity contribution is 5.78. The van der Waals surface area contributed by atoms with E-state index in [2.05, 4.69) is 11.8 Å². The maximum absolute atomic E-state index is 12.8. The number of likely N-dealkylation sites (tertiary alicyclic amines) is 1. The second kappa shape index (κ2) is 10.3. The lowest BCUT2D eigenvalue weighted by molar-refractivity contribution is -0.139.